The van der Waals surface area contributed by atoms with E-state index in [4.69, 9.17) is 27.9 Å². The van der Waals surface area contributed by atoms with Gasteiger partial charge in [0.2, 0.25) is 0 Å². The van der Waals surface area contributed by atoms with Gasteiger partial charge in [-0.3, -0.25) is 0 Å². The van der Waals surface area contributed by atoms with Crippen molar-refractivity contribution >= 4 is 106 Å². The molecule has 338 valence electrons. The van der Waals surface area contributed by atoms with Gasteiger partial charge in [-0.05, 0) is 135 Å². The summed E-state index contributed by atoms with van der Waals surface area (Å²) in [7, 11) is -1.29. The number of hydrogen-bond donors (Lipinski definition) is 0. The van der Waals surface area contributed by atoms with Crippen LogP contribution in [0.1, 0.15) is 83.1 Å². The van der Waals surface area contributed by atoms with Gasteiger partial charge in [-0.1, -0.05) is 125 Å². The Balaban J connectivity index is 0.000000129. The molecule has 0 radical (unpaired) electrons. The topological polar surface area (TPSA) is 55.4 Å². The number of rotatable bonds is 4. The molecule has 11 rings (SSSR count). The van der Waals surface area contributed by atoms with E-state index in [9.17, 15) is 0 Å². The molecule has 0 aliphatic carbocycles. The molecule has 6 nitrogen and oxygen atoms in total. The van der Waals surface area contributed by atoms with E-state index in [0.717, 1.165) is 9.94 Å². The van der Waals surface area contributed by atoms with Crippen molar-refractivity contribution in [1.29, 1.82) is 0 Å². The van der Waals surface area contributed by atoms with E-state index < -0.39 is 14.0 Å². The van der Waals surface area contributed by atoms with Crippen molar-refractivity contribution in [3.8, 4) is 22.3 Å². The molecule has 8 aromatic rings. The largest absolute Gasteiger partial charge is 0.494 e. The molecular formula is C54H58B3BrO6S2. The summed E-state index contributed by atoms with van der Waals surface area (Å²) in [6.45, 7) is 24.6. The average molecular weight is 980 g/mol. The van der Waals surface area contributed by atoms with Crippen LogP contribution in [0.4, 0.5) is 0 Å². The average Bonchev–Trinajstić information content (AvgIpc) is 4.01. The molecule has 66 heavy (non-hydrogen) atoms. The highest BCUT2D eigenvalue weighted by Gasteiger charge is 2.63. The third-order valence-electron chi connectivity index (χ3n) is 14.4. The lowest BCUT2D eigenvalue weighted by Gasteiger charge is -2.32. The van der Waals surface area contributed by atoms with E-state index in [1.54, 1.807) is 0 Å². The summed E-state index contributed by atoms with van der Waals surface area (Å²) in [6, 6.07) is 47.5. The molecule has 12 heteroatoms. The quantitative estimate of drug-likeness (QED) is 0.164. The van der Waals surface area contributed by atoms with Crippen LogP contribution in [0.3, 0.4) is 0 Å². The summed E-state index contributed by atoms with van der Waals surface area (Å²) in [6.07, 6.45) is 0. The minimum Gasteiger partial charge on any atom is -0.405 e. The van der Waals surface area contributed by atoms with Crippen LogP contribution in [0.25, 0.3) is 62.6 Å². The van der Waals surface area contributed by atoms with Crippen molar-refractivity contribution in [1.82, 2.24) is 0 Å². The van der Waals surface area contributed by atoms with Gasteiger partial charge in [0.15, 0.2) is 0 Å². The molecule has 0 saturated carbocycles. The zero-order valence-corrected chi connectivity index (χ0v) is 43.3. The Morgan fingerprint density at radius 2 is 0.742 bits per heavy atom. The van der Waals surface area contributed by atoms with Gasteiger partial charge in [0.1, 0.15) is 0 Å². The molecule has 3 aliphatic heterocycles. The fourth-order valence-corrected chi connectivity index (χ4v) is 11.3. The molecule has 0 N–H and O–H groups in total. The molecule has 0 bridgehead atoms. The van der Waals surface area contributed by atoms with Crippen molar-refractivity contribution in [3.63, 3.8) is 0 Å². The highest BCUT2D eigenvalue weighted by molar-refractivity contribution is 9.10. The minimum atomic E-state index is -0.476. The maximum Gasteiger partial charge on any atom is 0.494 e. The van der Waals surface area contributed by atoms with E-state index in [0.29, 0.717) is 0 Å². The Morgan fingerprint density at radius 1 is 0.379 bits per heavy atom. The number of halogens is 1. The van der Waals surface area contributed by atoms with Gasteiger partial charge in [-0.2, -0.15) is 0 Å². The second kappa shape index (κ2) is 17.3. The second-order valence-electron chi connectivity index (χ2n) is 20.5. The summed E-state index contributed by atoms with van der Waals surface area (Å²) in [5.74, 6) is 0. The molecule has 3 fully saturated rings. The number of benzene rings is 6. The maximum atomic E-state index is 6.26. The van der Waals surface area contributed by atoms with Gasteiger partial charge in [-0.15, -0.1) is 22.7 Å². The summed E-state index contributed by atoms with van der Waals surface area (Å²) in [4.78, 5) is 0. The number of fused-ring (bicyclic) bond motifs is 6. The molecule has 0 amide bonds. The van der Waals surface area contributed by atoms with Gasteiger partial charge in [0.05, 0.1) is 33.6 Å². The highest BCUT2D eigenvalue weighted by Crippen LogP contribution is 2.45. The van der Waals surface area contributed by atoms with E-state index in [1.807, 2.05) is 78.1 Å². The third-order valence-corrected chi connectivity index (χ3v) is 17.4. The zero-order chi connectivity index (χ0) is 47.0. The molecule has 0 atom stereocenters. The van der Waals surface area contributed by atoms with Crippen molar-refractivity contribution in [3.05, 3.63) is 138 Å². The van der Waals surface area contributed by atoms with E-state index in [-0.39, 0.29) is 40.7 Å². The van der Waals surface area contributed by atoms with Crippen molar-refractivity contribution in [2.75, 3.05) is 0 Å². The lowest BCUT2D eigenvalue weighted by molar-refractivity contribution is 0.00578. The summed E-state index contributed by atoms with van der Waals surface area (Å²) in [5, 5.41) is 5.35. The first-order valence-electron chi connectivity index (χ1n) is 22.8. The van der Waals surface area contributed by atoms with Crippen molar-refractivity contribution in [2.45, 2.75) is 117 Å². The summed E-state index contributed by atoms with van der Waals surface area (Å²) in [5.41, 5.74) is 3.99. The molecule has 3 aliphatic rings. The summed E-state index contributed by atoms with van der Waals surface area (Å²) >= 11 is 7.29. The predicted molar refractivity (Wildman–Crippen MR) is 285 cm³/mol. The van der Waals surface area contributed by atoms with E-state index >= 15 is 0 Å². The number of hydrogen-bond acceptors (Lipinski definition) is 8. The molecule has 6 aromatic carbocycles. The van der Waals surface area contributed by atoms with Crippen LogP contribution >= 0.6 is 38.6 Å². The van der Waals surface area contributed by atoms with Gasteiger partial charge >= 0.3 is 21.1 Å². The van der Waals surface area contributed by atoms with Crippen molar-refractivity contribution < 1.29 is 27.9 Å². The fourth-order valence-electron chi connectivity index (χ4n) is 8.44. The highest BCUT2D eigenvalue weighted by atomic mass is 79.9. The van der Waals surface area contributed by atoms with Gasteiger partial charge in [-0.25, -0.2) is 0 Å². The summed E-state index contributed by atoms with van der Waals surface area (Å²) < 4.78 is 42.9. The maximum absolute atomic E-state index is 6.26. The predicted octanol–water partition coefficient (Wildman–Crippen LogP) is 14.8. The normalized spacial score (nSPS) is 19.9. The van der Waals surface area contributed by atoms with E-state index in [2.05, 4.69) is 177 Å². The van der Waals surface area contributed by atoms with Crippen LogP contribution in [-0.4, -0.2) is 54.7 Å². The van der Waals surface area contributed by atoms with Crippen LogP contribution in [0.5, 0.6) is 0 Å². The first kappa shape index (κ1) is 47.3. The van der Waals surface area contributed by atoms with Crippen LogP contribution < -0.4 is 5.46 Å². The standard InChI is InChI=1S/C24H23BO2S.C18H11BrS.C12H24B2O4/c1-23(2)24(3,4)27-25(26-23)17-10-7-9-16(15-17)18-12-8-13-20-19-11-5-6-14-21(19)28-22(18)20;19-13-6-3-5-12(11-13)14-8-4-9-16-15-7-1-2-10-17(15)20-18(14)16;1-9(2)10(3,4)16-13(15-9)14-17-11(5,6)12(7,8)18-14/h5-15H,1-4H3;1-11H;1-8H3. The minimum absolute atomic E-state index is 0.334. The lowest BCUT2D eigenvalue weighted by atomic mass is 9.49. The lowest BCUT2D eigenvalue weighted by Crippen LogP contribution is -2.41. The van der Waals surface area contributed by atoms with Crippen LogP contribution in [0.15, 0.2) is 138 Å². The van der Waals surface area contributed by atoms with Crippen LogP contribution in [0.2, 0.25) is 0 Å². The van der Waals surface area contributed by atoms with Gasteiger partial charge in [0, 0.05) is 44.8 Å². The Bertz CT molecular complexity index is 3000. The van der Waals surface area contributed by atoms with E-state index in [1.165, 1.54) is 62.6 Å². The monoisotopic (exact) mass is 978 g/mol. The molecule has 3 saturated heterocycles. The molecule has 2 aromatic heterocycles. The van der Waals surface area contributed by atoms with Gasteiger partial charge in [0.25, 0.3) is 0 Å². The second-order valence-corrected chi connectivity index (χ2v) is 23.6. The third kappa shape index (κ3) is 8.76. The smallest absolute Gasteiger partial charge is 0.405 e. The first-order chi connectivity index (χ1) is 31.1. The van der Waals surface area contributed by atoms with Crippen LogP contribution in [0, 0.1) is 0 Å². The Kier molecular flexibility index (Phi) is 12.4. The SMILES string of the molecule is Brc1cccc(-c2cccc3c2sc2ccccc23)c1.CC1(C)OB(B2OC(C)(C)C(C)(C)O2)OC1(C)C.CC1(C)OB(c2cccc(-c3cccc4c3sc3ccccc34)c2)OC1(C)C. The Hall–Kier alpha value is -3.81. The van der Waals surface area contributed by atoms with Crippen molar-refractivity contribution in [2.24, 2.45) is 0 Å². The van der Waals surface area contributed by atoms with Crippen LogP contribution in [-0.2, 0) is 27.9 Å². The molecule has 0 unspecified atom stereocenters. The molecule has 5 heterocycles. The zero-order valence-electron chi connectivity index (χ0n) is 40.1. The molecular weight excluding hydrogens is 921 g/mol. The Morgan fingerprint density at radius 3 is 1.18 bits per heavy atom. The first-order valence-corrected chi connectivity index (χ1v) is 25.2. The Labute approximate surface area is 407 Å². The number of thiophene rings is 2. The van der Waals surface area contributed by atoms with Gasteiger partial charge < -0.3 is 27.9 Å². The fraction of sp³-hybridized carbons (Fsp3) is 0.333. The molecule has 0 spiro atoms.